The number of allylic oxidation sites excluding steroid dienone is 7. The van der Waals surface area contributed by atoms with Crippen molar-refractivity contribution >= 4 is 0 Å². The zero-order valence-electron chi connectivity index (χ0n) is 19.7. The minimum atomic E-state index is -0.152. The van der Waals surface area contributed by atoms with Crippen LogP contribution in [0.3, 0.4) is 0 Å². The maximum absolute atomic E-state index is 10.1. The topological polar surface area (TPSA) is 20.2 Å². The van der Waals surface area contributed by atoms with Crippen molar-refractivity contribution in [2.24, 2.45) is 35.0 Å². The molecule has 0 aliphatic heterocycles. The molecule has 1 N–H and O–H groups in total. The fourth-order valence-electron chi connectivity index (χ4n) is 6.10. The molecule has 0 bridgehead atoms. The van der Waals surface area contributed by atoms with E-state index in [9.17, 15) is 5.11 Å². The highest BCUT2D eigenvalue weighted by Crippen LogP contribution is 2.58. The fraction of sp³-hybridized carbons (Fsp3) is 0.714. The van der Waals surface area contributed by atoms with Gasteiger partial charge in [-0.3, -0.25) is 0 Å². The normalized spacial score (nSPS) is 35.4. The van der Waals surface area contributed by atoms with Crippen LogP contribution in [0, 0.1) is 35.0 Å². The molecule has 1 heteroatoms. The Bertz CT molecular complexity index is 691. The van der Waals surface area contributed by atoms with Gasteiger partial charge in [-0.25, -0.2) is 0 Å². The quantitative estimate of drug-likeness (QED) is 0.457. The van der Waals surface area contributed by atoms with Gasteiger partial charge < -0.3 is 5.11 Å². The number of hydrogen-bond acceptors (Lipinski definition) is 1. The summed E-state index contributed by atoms with van der Waals surface area (Å²) in [7, 11) is 0. The van der Waals surface area contributed by atoms with Gasteiger partial charge in [0, 0.05) is 0 Å². The zero-order chi connectivity index (χ0) is 21.2. The summed E-state index contributed by atoms with van der Waals surface area (Å²) in [5.41, 5.74) is 4.82. The number of aliphatic hydroxyl groups is 1. The van der Waals surface area contributed by atoms with E-state index in [-0.39, 0.29) is 6.10 Å². The molecule has 3 aliphatic rings. The summed E-state index contributed by atoms with van der Waals surface area (Å²) in [5.74, 6) is 3.53. The number of aliphatic hydroxyl groups excluding tert-OH is 1. The molecule has 0 aromatic rings. The van der Waals surface area contributed by atoms with Crippen molar-refractivity contribution < 1.29 is 5.11 Å². The molecule has 6 atom stereocenters. The van der Waals surface area contributed by atoms with Crippen LogP contribution in [0.25, 0.3) is 0 Å². The molecule has 1 fully saturated rings. The van der Waals surface area contributed by atoms with Crippen molar-refractivity contribution in [2.75, 3.05) is 0 Å². The first-order valence-corrected chi connectivity index (χ1v) is 12.2. The van der Waals surface area contributed by atoms with Crippen molar-refractivity contribution in [3.05, 3.63) is 47.1 Å². The summed E-state index contributed by atoms with van der Waals surface area (Å²) < 4.78 is 0. The Kier molecular flexibility index (Phi) is 7.31. The monoisotopic (exact) mass is 396 g/mol. The van der Waals surface area contributed by atoms with Crippen molar-refractivity contribution in [3.8, 4) is 0 Å². The Morgan fingerprint density at radius 3 is 2.55 bits per heavy atom. The second-order valence-electron chi connectivity index (χ2n) is 10.9. The van der Waals surface area contributed by atoms with Crippen LogP contribution in [-0.2, 0) is 0 Å². The van der Waals surface area contributed by atoms with Gasteiger partial charge in [0.15, 0.2) is 0 Å². The lowest BCUT2D eigenvalue weighted by Crippen LogP contribution is -2.34. The Balaban J connectivity index is 1.73. The van der Waals surface area contributed by atoms with E-state index in [4.69, 9.17) is 0 Å². The van der Waals surface area contributed by atoms with Gasteiger partial charge in [0.25, 0.3) is 0 Å². The third-order valence-corrected chi connectivity index (χ3v) is 8.61. The third-order valence-electron chi connectivity index (χ3n) is 8.61. The second kappa shape index (κ2) is 9.38. The lowest BCUT2D eigenvalue weighted by Gasteiger charge is -2.42. The molecular formula is C28H44O. The van der Waals surface area contributed by atoms with Crippen LogP contribution in [0.15, 0.2) is 47.1 Å². The Hall–Kier alpha value is -1.08. The standard InChI is InChI=1S/C28H44O/c1-19(2)20(3)9-10-22(5)26-15-16-27-23(8-7-17-28(26,27)6)12-13-24-18-25(29)14-11-21(24)4/h8-10,12-13,19-20,22,25-27,29H,7,11,14-18H2,1-6H3/b10-9+,13-12+/t20-,22+,25-,26+,27+,28+/m0/s1. The van der Waals surface area contributed by atoms with E-state index in [1.165, 1.54) is 36.8 Å². The zero-order valence-corrected chi connectivity index (χ0v) is 19.7. The first kappa shape index (κ1) is 22.6. The first-order chi connectivity index (χ1) is 13.7. The summed E-state index contributed by atoms with van der Waals surface area (Å²) in [5, 5.41) is 10.1. The molecule has 0 aromatic heterocycles. The highest BCUT2D eigenvalue weighted by Gasteiger charge is 2.49. The van der Waals surface area contributed by atoms with E-state index in [1.54, 1.807) is 5.57 Å². The molecule has 0 saturated heterocycles. The van der Waals surface area contributed by atoms with E-state index in [0.29, 0.717) is 23.2 Å². The van der Waals surface area contributed by atoms with Crippen LogP contribution in [0.1, 0.15) is 86.5 Å². The van der Waals surface area contributed by atoms with Crippen molar-refractivity contribution in [1.29, 1.82) is 0 Å². The molecule has 3 rings (SSSR count). The summed E-state index contributed by atoms with van der Waals surface area (Å²) in [6, 6.07) is 0. The summed E-state index contributed by atoms with van der Waals surface area (Å²) in [6.07, 6.45) is 20.1. The SMILES string of the molecule is CC1=C(/C=C/C2=CCC[C@@]3(C)[C@@H]2CC[C@@H]3[C@H](C)/C=C/[C@H](C)C(C)C)C[C@@H](O)CC1. The molecule has 162 valence electrons. The third kappa shape index (κ3) is 4.98. The van der Waals surface area contributed by atoms with E-state index in [1.807, 2.05) is 0 Å². The summed E-state index contributed by atoms with van der Waals surface area (Å²) in [4.78, 5) is 0. The predicted octanol–water partition coefficient (Wildman–Crippen LogP) is 7.64. The van der Waals surface area contributed by atoms with E-state index in [0.717, 1.165) is 31.1 Å². The van der Waals surface area contributed by atoms with Crippen LogP contribution in [0.5, 0.6) is 0 Å². The van der Waals surface area contributed by atoms with Crippen LogP contribution < -0.4 is 0 Å². The van der Waals surface area contributed by atoms with Gasteiger partial charge in [-0.1, -0.05) is 70.6 Å². The molecule has 3 aliphatic carbocycles. The van der Waals surface area contributed by atoms with E-state index in [2.05, 4.69) is 71.9 Å². The lowest BCUT2D eigenvalue weighted by atomic mass is 9.62. The number of fused-ring (bicyclic) bond motifs is 1. The maximum atomic E-state index is 10.1. The van der Waals surface area contributed by atoms with Gasteiger partial charge in [-0.15, -0.1) is 0 Å². The summed E-state index contributed by atoms with van der Waals surface area (Å²) in [6.45, 7) is 14.2. The predicted molar refractivity (Wildman–Crippen MR) is 126 cm³/mol. The second-order valence-corrected chi connectivity index (χ2v) is 10.9. The van der Waals surface area contributed by atoms with Gasteiger partial charge in [-0.05, 0) is 98.0 Å². The van der Waals surface area contributed by atoms with Gasteiger partial charge in [0.2, 0.25) is 0 Å². The average Bonchev–Trinajstić information content (AvgIpc) is 3.04. The lowest BCUT2D eigenvalue weighted by molar-refractivity contribution is 0.129. The Labute approximate surface area is 180 Å². The minimum Gasteiger partial charge on any atom is -0.393 e. The Morgan fingerprint density at radius 2 is 1.83 bits per heavy atom. The van der Waals surface area contributed by atoms with Gasteiger partial charge in [-0.2, -0.15) is 0 Å². The van der Waals surface area contributed by atoms with Crippen molar-refractivity contribution in [3.63, 3.8) is 0 Å². The molecule has 0 spiro atoms. The fourth-order valence-corrected chi connectivity index (χ4v) is 6.10. The molecular weight excluding hydrogens is 352 g/mol. The highest BCUT2D eigenvalue weighted by atomic mass is 16.3. The molecule has 1 saturated carbocycles. The number of rotatable bonds is 6. The molecule has 0 amide bonds. The van der Waals surface area contributed by atoms with Crippen LogP contribution in [-0.4, -0.2) is 11.2 Å². The van der Waals surface area contributed by atoms with E-state index >= 15 is 0 Å². The molecule has 0 aromatic carbocycles. The highest BCUT2D eigenvalue weighted by molar-refractivity contribution is 5.36. The van der Waals surface area contributed by atoms with E-state index < -0.39 is 0 Å². The molecule has 0 radical (unpaired) electrons. The first-order valence-electron chi connectivity index (χ1n) is 12.2. The van der Waals surface area contributed by atoms with Gasteiger partial charge >= 0.3 is 0 Å². The summed E-state index contributed by atoms with van der Waals surface area (Å²) >= 11 is 0. The maximum Gasteiger partial charge on any atom is 0.0583 e. The van der Waals surface area contributed by atoms with Crippen LogP contribution in [0.4, 0.5) is 0 Å². The average molecular weight is 397 g/mol. The van der Waals surface area contributed by atoms with Gasteiger partial charge in [0.1, 0.15) is 0 Å². The number of hydrogen-bond donors (Lipinski definition) is 1. The minimum absolute atomic E-state index is 0.152. The van der Waals surface area contributed by atoms with Crippen LogP contribution >= 0.6 is 0 Å². The van der Waals surface area contributed by atoms with Crippen molar-refractivity contribution in [1.82, 2.24) is 0 Å². The molecule has 1 nitrogen and oxygen atoms in total. The Morgan fingerprint density at radius 1 is 1.07 bits per heavy atom. The van der Waals surface area contributed by atoms with Crippen molar-refractivity contribution in [2.45, 2.75) is 92.6 Å². The molecule has 0 heterocycles. The smallest absolute Gasteiger partial charge is 0.0583 e. The van der Waals surface area contributed by atoms with Crippen LogP contribution in [0.2, 0.25) is 0 Å². The van der Waals surface area contributed by atoms with Gasteiger partial charge in [0.05, 0.1) is 6.10 Å². The molecule has 29 heavy (non-hydrogen) atoms. The largest absolute Gasteiger partial charge is 0.393 e. The molecule has 0 unspecified atom stereocenters.